The van der Waals surface area contributed by atoms with Gasteiger partial charge in [0.2, 0.25) is 21.1 Å². The standard InChI is InChI=1S/C20H22N6O5S2/c1-14(32-20-22-23-24-26(20)16-5-7-17(27)8-6-16)19(28)21-15-3-2-4-18(13-15)33(29,30)25-9-11-31-12-10-25/h2-8,13-14,27H,9-12H2,1H3,(H,21,28)/t14-/m1/s1. The largest absolute Gasteiger partial charge is 0.508 e. The molecule has 2 heterocycles. The van der Waals surface area contributed by atoms with Crippen molar-refractivity contribution in [1.29, 1.82) is 0 Å². The number of aromatic nitrogens is 4. The number of morpholine rings is 1. The summed E-state index contributed by atoms with van der Waals surface area (Å²) in [6, 6.07) is 12.5. The van der Waals surface area contributed by atoms with Crippen LogP contribution in [0, 0.1) is 0 Å². The second kappa shape index (κ2) is 9.87. The van der Waals surface area contributed by atoms with Crippen LogP contribution >= 0.6 is 11.8 Å². The number of anilines is 1. The first-order valence-electron chi connectivity index (χ1n) is 10.1. The summed E-state index contributed by atoms with van der Waals surface area (Å²) < 4.78 is 33.8. The van der Waals surface area contributed by atoms with Gasteiger partial charge in [-0.15, -0.1) is 5.10 Å². The summed E-state index contributed by atoms with van der Waals surface area (Å²) >= 11 is 1.15. The van der Waals surface area contributed by atoms with Gasteiger partial charge in [0, 0.05) is 18.8 Å². The number of phenolic OH excluding ortho intramolecular Hbond substituents is 1. The van der Waals surface area contributed by atoms with Crippen molar-refractivity contribution in [2.45, 2.75) is 22.2 Å². The van der Waals surface area contributed by atoms with Crippen LogP contribution in [0.15, 0.2) is 58.6 Å². The molecule has 0 spiro atoms. The van der Waals surface area contributed by atoms with Crippen LogP contribution in [0.1, 0.15) is 6.92 Å². The number of benzene rings is 2. The number of tetrazole rings is 1. The number of nitrogens with zero attached hydrogens (tertiary/aromatic N) is 5. The van der Waals surface area contributed by atoms with E-state index in [1.54, 1.807) is 31.2 Å². The highest BCUT2D eigenvalue weighted by Gasteiger charge is 2.27. The number of phenols is 1. The Labute approximate surface area is 194 Å². The highest BCUT2D eigenvalue weighted by Crippen LogP contribution is 2.26. The lowest BCUT2D eigenvalue weighted by molar-refractivity contribution is -0.115. The number of ether oxygens (including phenoxy) is 1. The van der Waals surface area contributed by atoms with E-state index in [1.165, 1.54) is 33.3 Å². The Bertz CT molecular complexity index is 1230. The third-order valence-electron chi connectivity index (χ3n) is 4.90. The van der Waals surface area contributed by atoms with Crippen molar-refractivity contribution < 1.29 is 23.1 Å². The molecule has 2 N–H and O–H groups in total. The molecule has 0 aliphatic carbocycles. The molecular weight excluding hydrogens is 468 g/mol. The first-order valence-corrected chi connectivity index (χ1v) is 12.4. The molecule has 0 radical (unpaired) electrons. The van der Waals surface area contributed by atoms with E-state index >= 15 is 0 Å². The number of hydrogen-bond donors (Lipinski definition) is 2. The molecule has 1 amide bonds. The van der Waals surface area contributed by atoms with Crippen molar-refractivity contribution in [3.63, 3.8) is 0 Å². The molecule has 174 valence electrons. The Hall–Kier alpha value is -3.00. The highest BCUT2D eigenvalue weighted by atomic mass is 32.2. The van der Waals surface area contributed by atoms with Gasteiger partial charge in [-0.3, -0.25) is 4.79 Å². The summed E-state index contributed by atoms with van der Waals surface area (Å²) in [6.45, 7) is 3.00. The molecule has 2 aromatic carbocycles. The minimum atomic E-state index is -3.67. The smallest absolute Gasteiger partial charge is 0.243 e. The second-order valence-electron chi connectivity index (χ2n) is 7.18. The van der Waals surface area contributed by atoms with Gasteiger partial charge in [-0.2, -0.15) is 8.99 Å². The zero-order chi connectivity index (χ0) is 23.4. The lowest BCUT2D eigenvalue weighted by Crippen LogP contribution is -2.40. The van der Waals surface area contributed by atoms with Gasteiger partial charge in [0.05, 0.1) is 29.0 Å². The monoisotopic (exact) mass is 490 g/mol. The molecule has 13 heteroatoms. The van der Waals surface area contributed by atoms with Crippen LogP contribution in [0.25, 0.3) is 5.69 Å². The van der Waals surface area contributed by atoms with Gasteiger partial charge in [0.1, 0.15) is 5.75 Å². The van der Waals surface area contributed by atoms with E-state index in [4.69, 9.17) is 4.74 Å². The van der Waals surface area contributed by atoms with Crippen LogP contribution < -0.4 is 5.32 Å². The molecule has 1 aromatic heterocycles. The van der Waals surface area contributed by atoms with E-state index in [1.807, 2.05) is 0 Å². The Morgan fingerprint density at radius 2 is 1.91 bits per heavy atom. The Kier molecular flexibility index (Phi) is 6.93. The summed E-state index contributed by atoms with van der Waals surface area (Å²) in [6.07, 6.45) is 0. The molecule has 1 aliphatic heterocycles. The van der Waals surface area contributed by atoms with Gasteiger partial charge in [0.25, 0.3) is 0 Å². The normalized spacial score (nSPS) is 15.8. The van der Waals surface area contributed by atoms with Crippen molar-refractivity contribution in [3.05, 3.63) is 48.5 Å². The fourth-order valence-corrected chi connectivity index (χ4v) is 5.40. The summed E-state index contributed by atoms with van der Waals surface area (Å²) in [7, 11) is -3.67. The number of carbonyl (C=O) groups is 1. The van der Waals surface area contributed by atoms with Crippen LogP contribution in [-0.2, 0) is 19.6 Å². The second-order valence-corrected chi connectivity index (χ2v) is 10.4. The van der Waals surface area contributed by atoms with Gasteiger partial charge in [0.15, 0.2) is 0 Å². The van der Waals surface area contributed by atoms with E-state index < -0.39 is 15.3 Å². The average molecular weight is 491 g/mol. The van der Waals surface area contributed by atoms with Crippen molar-refractivity contribution in [3.8, 4) is 11.4 Å². The van der Waals surface area contributed by atoms with E-state index in [9.17, 15) is 18.3 Å². The number of rotatable bonds is 7. The van der Waals surface area contributed by atoms with Crippen LogP contribution in [-0.4, -0.2) is 75.5 Å². The van der Waals surface area contributed by atoms with Crippen molar-refractivity contribution >= 4 is 33.4 Å². The predicted molar refractivity (Wildman–Crippen MR) is 121 cm³/mol. The molecular formula is C20H22N6O5S2. The number of carbonyl (C=O) groups excluding carboxylic acids is 1. The summed E-state index contributed by atoms with van der Waals surface area (Å²) in [5.74, 6) is -0.215. The molecule has 1 aliphatic rings. The van der Waals surface area contributed by atoms with Crippen LogP contribution in [0.2, 0.25) is 0 Å². The van der Waals surface area contributed by atoms with Crippen LogP contribution in [0.5, 0.6) is 5.75 Å². The minimum absolute atomic E-state index is 0.110. The molecule has 33 heavy (non-hydrogen) atoms. The van der Waals surface area contributed by atoms with Gasteiger partial charge >= 0.3 is 0 Å². The Morgan fingerprint density at radius 3 is 2.64 bits per heavy atom. The molecule has 1 saturated heterocycles. The number of aromatic hydroxyl groups is 1. The topological polar surface area (TPSA) is 140 Å². The number of thioether (sulfide) groups is 1. The van der Waals surface area contributed by atoms with E-state index in [-0.39, 0.29) is 16.6 Å². The third-order valence-corrected chi connectivity index (χ3v) is 7.82. The van der Waals surface area contributed by atoms with Crippen molar-refractivity contribution in [1.82, 2.24) is 24.5 Å². The van der Waals surface area contributed by atoms with Gasteiger partial charge in [-0.25, -0.2) is 8.42 Å². The molecule has 11 nitrogen and oxygen atoms in total. The SMILES string of the molecule is C[C@@H](Sc1nnnn1-c1ccc(O)cc1)C(=O)Nc1cccc(S(=O)(=O)N2CCOCC2)c1. The first kappa shape index (κ1) is 23.2. The lowest BCUT2D eigenvalue weighted by atomic mass is 10.3. The first-order chi connectivity index (χ1) is 15.8. The van der Waals surface area contributed by atoms with Crippen LogP contribution in [0.3, 0.4) is 0 Å². The van der Waals surface area contributed by atoms with Gasteiger partial charge in [-0.1, -0.05) is 17.8 Å². The van der Waals surface area contributed by atoms with Gasteiger partial charge < -0.3 is 15.2 Å². The van der Waals surface area contributed by atoms with Crippen LogP contribution in [0.4, 0.5) is 5.69 Å². The molecule has 3 aromatic rings. The zero-order valence-electron chi connectivity index (χ0n) is 17.7. The van der Waals surface area contributed by atoms with E-state index in [0.29, 0.717) is 42.8 Å². The predicted octanol–water partition coefficient (Wildman–Crippen LogP) is 1.51. The minimum Gasteiger partial charge on any atom is -0.508 e. The highest BCUT2D eigenvalue weighted by molar-refractivity contribution is 8.00. The maximum atomic E-state index is 12.9. The molecule has 0 unspecified atom stereocenters. The van der Waals surface area contributed by atoms with E-state index in [2.05, 4.69) is 20.8 Å². The summed E-state index contributed by atoms with van der Waals surface area (Å²) in [4.78, 5) is 12.9. The zero-order valence-corrected chi connectivity index (χ0v) is 19.3. The Morgan fingerprint density at radius 1 is 1.18 bits per heavy atom. The maximum absolute atomic E-state index is 12.9. The molecule has 0 saturated carbocycles. The fourth-order valence-electron chi connectivity index (χ4n) is 3.13. The third kappa shape index (κ3) is 5.33. The number of hydrogen-bond acceptors (Lipinski definition) is 9. The number of sulfonamides is 1. The molecule has 0 bridgehead atoms. The van der Waals surface area contributed by atoms with Crippen molar-refractivity contribution in [2.24, 2.45) is 0 Å². The number of nitrogens with one attached hydrogen (secondary N) is 1. The summed E-state index contributed by atoms with van der Waals surface area (Å²) in [5.41, 5.74) is 1.01. The lowest BCUT2D eigenvalue weighted by Gasteiger charge is -2.26. The number of amides is 1. The molecule has 1 atom stereocenters. The maximum Gasteiger partial charge on any atom is 0.243 e. The summed E-state index contributed by atoms with van der Waals surface area (Å²) in [5, 5.41) is 23.6. The van der Waals surface area contributed by atoms with E-state index in [0.717, 1.165) is 11.8 Å². The quantitative estimate of drug-likeness (QED) is 0.472. The van der Waals surface area contributed by atoms with Crippen molar-refractivity contribution in [2.75, 3.05) is 31.6 Å². The van der Waals surface area contributed by atoms with Gasteiger partial charge in [-0.05, 0) is 59.8 Å². The molecule has 1 fully saturated rings. The Balaban J connectivity index is 1.44. The molecule has 4 rings (SSSR count). The fraction of sp³-hybridized carbons (Fsp3) is 0.300. The average Bonchev–Trinajstić information content (AvgIpc) is 3.28.